The second kappa shape index (κ2) is 12.7. The molecular formula is C35H43N3O. The Bertz CT molecular complexity index is 1330. The van der Waals surface area contributed by atoms with Crippen LogP contribution in [0.3, 0.4) is 0 Å². The lowest BCUT2D eigenvalue weighted by molar-refractivity contribution is 0.137. The molecule has 0 bridgehead atoms. The minimum Gasteiger partial charge on any atom is -0.494 e. The molecule has 1 aliphatic heterocycles. The van der Waals surface area contributed by atoms with Crippen LogP contribution in [-0.4, -0.2) is 27.6 Å². The Morgan fingerprint density at radius 1 is 0.821 bits per heavy atom. The average molecular weight is 522 g/mol. The second-order valence-electron chi connectivity index (χ2n) is 10.5. The van der Waals surface area contributed by atoms with Crippen LogP contribution in [0.5, 0.6) is 5.75 Å². The summed E-state index contributed by atoms with van der Waals surface area (Å²) in [5.74, 6) is 2.02. The Labute approximate surface area is 234 Å². The maximum atomic E-state index is 5.76. The van der Waals surface area contributed by atoms with Gasteiger partial charge in [-0.3, -0.25) is 4.90 Å². The van der Waals surface area contributed by atoms with Crippen LogP contribution in [0.25, 0.3) is 22.6 Å². The molecular weight excluding hydrogens is 478 g/mol. The number of hydrogen-bond acceptors (Lipinski definition) is 3. The van der Waals surface area contributed by atoms with Crippen molar-refractivity contribution in [3.63, 3.8) is 0 Å². The van der Waals surface area contributed by atoms with Crippen LogP contribution in [0, 0.1) is 0 Å². The van der Waals surface area contributed by atoms with Gasteiger partial charge < -0.3 is 9.30 Å². The van der Waals surface area contributed by atoms with Gasteiger partial charge in [-0.25, -0.2) is 4.98 Å². The molecule has 1 fully saturated rings. The fourth-order valence-electron chi connectivity index (χ4n) is 6.24. The van der Waals surface area contributed by atoms with Gasteiger partial charge >= 0.3 is 0 Å². The van der Waals surface area contributed by atoms with Gasteiger partial charge in [0.15, 0.2) is 0 Å². The molecule has 0 amide bonds. The van der Waals surface area contributed by atoms with Gasteiger partial charge in [-0.1, -0.05) is 68.8 Å². The molecule has 3 aromatic carbocycles. The Hall–Kier alpha value is -3.37. The molecule has 4 nitrogen and oxygen atoms in total. The first-order valence-corrected chi connectivity index (χ1v) is 14.9. The van der Waals surface area contributed by atoms with E-state index in [1.54, 1.807) is 0 Å². The fraction of sp³-hybridized carbons (Fsp3) is 0.400. The number of aryl methyl sites for hydroxylation is 2. The number of nitrogens with zero attached hydrogens (tertiary/aromatic N) is 3. The van der Waals surface area contributed by atoms with Crippen molar-refractivity contribution in [3.8, 4) is 28.4 Å². The molecule has 0 spiro atoms. The number of aromatic nitrogens is 2. The number of benzene rings is 3. The Morgan fingerprint density at radius 3 is 2.18 bits per heavy atom. The van der Waals surface area contributed by atoms with E-state index in [2.05, 4.69) is 103 Å². The number of piperidine rings is 1. The standard InChI is InChI=1S/C35H43N3O/c1-5-26-17-14-18-27(6-2)33(26)35-36-34(29-20-22-30(23-21-29)39-8-4)32(38(35)7-3)25-37-24-13-12-19-31(37)28-15-10-9-11-16-28/h9-11,14-18,20-23,31H,5-8,12-13,19,24-25H2,1-4H3. The fourth-order valence-corrected chi connectivity index (χ4v) is 6.24. The molecule has 4 aromatic rings. The zero-order valence-corrected chi connectivity index (χ0v) is 24.1. The van der Waals surface area contributed by atoms with E-state index < -0.39 is 0 Å². The first kappa shape index (κ1) is 27.2. The van der Waals surface area contributed by atoms with Crippen molar-refractivity contribution >= 4 is 0 Å². The predicted molar refractivity (Wildman–Crippen MR) is 162 cm³/mol. The van der Waals surface area contributed by atoms with Crippen molar-refractivity contribution in [2.45, 2.75) is 78.9 Å². The van der Waals surface area contributed by atoms with Gasteiger partial charge in [0.05, 0.1) is 18.0 Å². The highest BCUT2D eigenvalue weighted by Gasteiger charge is 2.28. The number of rotatable bonds is 10. The first-order chi connectivity index (χ1) is 19.2. The van der Waals surface area contributed by atoms with E-state index in [0.29, 0.717) is 12.6 Å². The molecule has 5 rings (SSSR count). The third-order valence-electron chi connectivity index (χ3n) is 8.20. The number of hydrogen-bond donors (Lipinski definition) is 0. The summed E-state index contributed by atoms with van der Waals surface area (Å²) in [6.07, 6.45) is 5.72. The molecule has 1 aromatic heterocycles. The largest absolute Gasteiger partial charge is 0.494 e. The molecule has 2 heterocycles. The quantitative estimate of drug-likeness (QED) is 0.210. The van der Waals surface area contributed by atoms with E-state index in [1.807, 2.05) is 6.92 Å². The van der Waals surface area contributed by atoms with E-state index in [9.17, 15) is 0 Å². The summed E-state index contributed by atoms with van der Waals surface area (Å²) >= 11 is 0. The van der Waals surface area contributed by atoms with Crippen molar-refractivity contribution in [2.24, 2.45) is 0 Å². The highest BCUT2D eigenvalue weighted by atomic mass is 16.5. The lowest BCUT2D eigenvalue weighted by Gasteiger charge is -2.36. The van der Waals surface area contributed by atoms with E-state index in [4.69, 9.17) is 9.72 Å². The van der Waals surface area contributed by atoms with E-state index in [-0.39, 0.29) is 0 Å². The second-order valence-corrected chi connectivity index (χ2v) is 10.5. The first-order valence-electron chi connectivity index (χ1n) is 14.9. The lowest BCUT2D eigenvalue weighted by Crippen LogP contribution is -2.33. The summed E-state index contributed by atoms with van der Waals surface area (Å²) in [4.78, 5) is 8.16. The zero-order chi connectivity index (χ0) is 27.2. The molecule has 1 unspecified atom stereocenters. The molecule has 4 heteroatoms. The summed E-state index contributed by atoms with van der Waals surface area (Å²) < 4.78 is 8.25. The highest BCUT2D eigenvalue weighted by molar-refractivity contribution is 5.72. The minimum atomic E-state index is 0.436. The number of ether oxygens (including phenoxy) is 1. The third kappa shape index (κ3) is 5.67. The van der Waals surface area contributed by atoms with E-state index in [0.717, 1.165) is 55.3 Å². The van der Waals surface area contributed by atoms with Crippen LogP contribution < -0.4 is 4.74 Å². The predicted octanol–water partition coefficient (Wildman–Crippen LogP) is 8.49. The molecule has 0 N–H and O–H groups in total. The minimum absolute atomic E-state index is 0.436. The molecule has 0 aliphatic carbocycles. The van der Waals surface area contributed by atoms with Crippen molar-refractivity contribution in [2.75, 3.05) is 13.2 Å². The van der Waals surface area contributed by atoms with Crippen molar-refractivity contribution in [1.82, 2.24) is 14.5 Å². The topological polar surface area (TPSA) is 30.3 Å². The molecule has 1 atom stereocenters. The highest BCUT2D eigenvalue weighted by Crippen LogP contribution is 2.38. The van der Waals surface area contributed by atoms with Gasteiger partial charge in [-0.2, -0.15) is 0 Å². The SMILES string of the molecule is CCOc1ccc(-c2nc(-c3c(CC)cccc3CC)n(CC)c2CN2CCCCC2c2ccccc2)cc1. The van der Waals surface area contributed by atoms with Crippen molar-refractivity contribution in [3.05, 3.63) is 95.2 Å². The van der Waals surface area contributed by atoms with E-state index >= 15 is 0 Å². The van der Waals surface area contributed by atoms with Crippen LogP contribution in [0.2, 0.25) is 0 Å². The van der Waals surface area contributed by atoms with Crippen LogP contribution in [0.15, 0.2) is 72.8 Å². The number of likely N-dealkylation sites (tertiary alicyclic amines) is 1. The Balaban J connectivity index is 1.66. The van der Waals surface area contributed by atoms with Crippen LogP contribution in [0.1, 0.15) is 75.4 Å². The molecule has 204 valence electrons. The summed E-state index contributed by atoms with van der Waals surface area (Å²) in [6.45, 7) is 12.4. The summed E-state index contributed by atoms with van der Waals surface area (Å²) in [5.41, 5.74) is 9.06. The molecule has 1 saturated heterocycles. The monoisotopic (exact) mass is 521 g/mol. The average Bonchev–Trinajstić information content (AvgIpc) is 3.35. The molecule has 39 heavy (non-hydrogen) atoms. The van der Waals surface area contributed by atoms with Gasteiger partial charge in [0.2, 0.25) is 0 Å². The van der Waals surface area contributed by atoms with Gasteiger partial charge in [0, 0.05) is 30.3 Å². The maximum Gasteiger partial charge on any atom is 0.141 e. The van der Waals surface area contributed by atoms with Crippen LogP contribution in [0.4, 0.5) is 0 Å². The third-order valence-corrected chi connectivity index (χ3v) is 8.20. The Morgan fingerprint density at radius 2 is 1.54 bits per heavy atom. The van der Waals surface area contributed by atoms with E-state index in [1.165, 1.54) is 47.2 Å². The number of imidazole rings is 1. The van der Waals surface area contributed by atoms with Gasteiger partial charge in [0.25, 0.3) is 0 Å². The maximum absolute atomic E-state index is 5.76. The summed E-state index contributed by atoms with van der Waals surface area (Å²) in [7, 11) is 0. The van der Waals surface area contributed by atoms with Gasteiger partial charge in [-0.15, -0.1) is 0 Å². The molecule has 1 aliphatic rings. The van der Waals surface area contributed by atoms with Crippen molar-refractivity contribution < 1.29 is 4.74 Å². The van der Waals surface area contributed by atoms with Crippen molar-refractivity contribution in [1.29, 1.82) is 0 Å². The summed E-state index contributed by atoms with van der Waals surface area (Å²) in [5, 5.41) is 0. The Kier molecular flexibility index (Phi) is 8.83. The summed E-state index contributed by atoms with van der Waals surface area (Å²) in [6, 6.07) is 26.8. The normalized spacial score (nSPS) is 15.9. The van der Waals surface area contributed by atoms with Crippen LogP contribution in [-0.2, 0) is 25.9 Å². The molecule has 0 saturated carbocycles. The lowest BCUT2D eigenvalue weighted by atomic mass is 9.95. The molecule has 0 radical (unpaired) electrons. The van der Waals surface area contributed by atoms with Gasteiger partial charge in [-0.05, 0) is 87.0 Å². The zero-order valence-electron chi connectivity index (χ0n) is 24.1. The van der Waals surface area contributed by atoms with Gasteiger partial charge in [0.1, 0.15) is 11.6 Å². The van der Waals surface area contributed by atoms with Crippen LogP contribution >= 0.6 is 0 Å². The smallest absolute Gasteiger partial charge is 0.141 e.